The number of carbonyl (C=O) groups is 1. The van der Waals surface area contributed by atoms with Gasteiger partial charge in [-0.1, -0.05) is 30.3 Å². The van der Waals surface area contributed by atoms with Crippen LogP contribution in [0, 0.1) is 0 Å². The van der Waals surface area contributed by atoms with Crippen LogP contribution in [0.4, 0.5) is 0 Å². The maximum Gasteiger partial charge on any atom is 0.242 e. The molecule has 2 fully saturated rings. The molecule has 0 radical (unpaired) electrons. The number of rotatable bonds is 4. The van der Waals surface area contributed by atoms with Crippen LogP contribution in [0.1, 0.15) is 25.3 Å². The van der Waals surface area contributed by atoms with E-state index in [1.165, 1.54) is 5.56 Å². The van der Waals surface area contributed by atoms with E-state index in [2.05, 4.69) is 29.2 Å². The summed E-state index contributed by atoms with van der Waals surface area (Å²) in [4.78, 5) is 16.9. The third kappa shape index (κ3) is 3.61. The third-order valence-corrected chi connectivity index (χ3v) is 6.59. The van der Waals surface area contributed by atoms with Crippen LogP contribution in [0.25, 0.3) is 0 Å². The van der Waals surface area contributed by atoms with E-state index in [9.17, 15) is 9.90 Å². The van der Waals surface area contributed by atoms with Crippen molar-refractivity contribution in [3.63, 3.8) is 0 Å². The summed E-state index contributed by atoms with van der Waals surface area (Å²) in [6.07, 6.45) is 1.27. The summed E-state index contributed by atoms with van der Waals surface area (Å²) in [5, 5.41) is 9.64. The van der Waals surface area contributed by atoms with Crippen LogP contribution < -0.4 is 5.73 Å². The molecule has 1 amide bonds. The number of aliphatic hydroxyl groups is 1. The second-order valence-electron chi connectivity index (χ2n) is 6.83. The van der Waals surface area contributed by atoms with Gasteiger partial charge in [0.1, 0.15) is 6.04 Å². The molecule has 5 nitrogen and oxygen atoms in total. The van der Waals surface area contributed by atoms with E-state index in [1.807, 2.05) is 22.7 Å². The van der Waals surface area contributed by atoms with Crippen molar-refractivity contribution in [1.29, 1.82) is 0 Å². The minimum absolute atomic E-state index is 0.0117. The van der Waals surface area contributed by atoms with Gasteiger partial charge in [-0.05, 0) is 25.3 Å². The number of carbonyl (C=O) groups excluding carboxylic acids is 1. The number of thioether (sulfide) groups is 1. The topological polar surface area (TPSA) is 69.8 Å². The Labute approximate surface area is 148 Å². The van der Waals surface area contributed by atoms with Gasteiger partial charge in [-0.15, -0.1) is 11.8 Å². The smallest absolute Gasteiger partial charge is 0.242 e. The Hall–Kier alpha value is -1.08. The first-order chi connectivity index (χ1) is 11.5. The van der Waals surface area contributed by atoms with Crippen molar-refractivity contribution in [3.8, 4) is 0 Å². The molecule has 0 bridgehead atoms. The molecule has 2 saturated heterocycles. The molecule has 3 rings (SSSR count). The number of hydrogen-bond donors (Lipinski definition) is 2. The summed E-state index contributed by atoms with van der Waals surface area (Å²) in [5.41, 5.74) is 7.18. The molecule has 0 aliphatic carbocycles. The van der Waals surface area contributed by atoms with Gasteiger partial charge in [-0.25, -0.2) is 0 Å². The SMILES string of the molecule is C[C@@H](O)[C@H](N)C(=O)N1CCCC2(C1)SCCN2Cc1ccccc1. The Kier molecular flexibility index (Phi) is 5.49. The van der Waals surface area contributed by atoms with Crippen molar-refractivity contribution >= 4 is 17.7 Å². The summed E-state index contributed by atoms with van der Waals surface area (Å²) in [6.45, 7) is 4.97. The van der Waals surface area contributed by atoms with Crippen LogP contribution in [0.5, 0.6) is 0 Å². The predicted octanol–water partition coefficient (Wildman–Crippen LogP) is 1.26. The second kappa shape index (κ2) is 7.44. The van der Waals surface area contributed by atoms with Crippen molar-refractivity contribution in [1.82, 2.24) is 9.80 Å². The average molecular weight is 350 g/mol. The lowest BCUT2D eigenvalue weighted by Crippen LogP contribution is -2.59. The third-order valence-electron chi connectivity index (χ3n) is 5.07. The van der Waals surface area contributed by atoms with E-state index in [0.29, 0.717) is 6.54 Å². The summed E-state index contributed by atoms with van der Waals surface area (Å²) in [7, 11) is 0. The van der Waals surface area contributed by atoms with Gasteiger partial charge in [-0.3, -0.25) is 9.69 Å². The van der Waals surface area contributed by atoms with E-state index < -0.39 is 12.1 Å². The molecule has 2 aliphatic rings. The molecular weight excluding hydrogens is 322 g/mol. The quantitative estimate of drug-likeness (QED) is 0.856. The van der Waals surface area contributed by atoms with Crippen LogP contribution in [-0.4, -0.2) is 63.2 Å². The minimum atomic E-state index is -0.825. The molecule has 1 aromatic rings. The molecule has 0 saturated carbocycles. The first-order valence-corrected chi connectivity index (χ1v) is 9.66. The average Bonchev–Trinajstić information content (AvgIpc) is 2.96. The maximum absolute atomic E-state index is 12.6. The van der Waals surface area contributed by atoms with Crippen LogP contribution in [-0.2, 0) is 11.3 Å². The highest BCUT2D eigenvalue weighted by molar-refractivity contribution is 8.00. The second-order valence-corrected chi connectivity index (χ2v) is 8.29. The monoisotopic (exact) mass is 349 g/mol. The minimum Gasteiger partial charge on any atom is -0.391 e. The molecule has 2 aliphatic heterocycles. The van der Waals surface area contributed by atoms with E-state index in [4.69, 9.17) is 5.73 Å². The van der Waals surface area contributed by atoms with Crippen LogP contribution in [0.3, 0.4) is 0 Å². The first kappa shape index (κ1) is 17.7. The van der Waals surface area contributed by atoms with Crippen LogP contribution >= 0.6 is 11.8 Å². The number of benzene rings is 1. The Morgan fingerprint density at radius 3 is 2.83 bits per heavy atom. The van der Waals surface area contributed by atoms with Crippen LogP contribution in [0.15, 0.2) is 30.3 Å². The Bertz CT molecular complexity index is 569. The first-order valence-electron chi connectivity index (χ1n) is 8.67. The zero-order chi connectivity index (χ0) is 17.2. The molecule has 1 spiro atoms. The summed E-state index contributed by atoms with van der Waals surface area (Å²) in [6, 6.07) is 9.68. The predicted molar refractivity (Wildman–Crippen MR) is 97.5 cm³/mol. The molecule has 1 unspecified atom stereocenters. The highest BCUT2D eigenvalue weighted by atomic mass is 32.2. The molecule has 24 heavy (non-hydrogen) atoms. The molecular formula is C18H27N3O2S. The highest BCUT2D eigenvalue weighted by Crippen LogP contribution is 2.43. The number of nitrogens with zero attached hydrogens (tertiary/aromatic N) is 2. The fraction of sp³-hybridized carbons (Fsp3) is 0.611. The molecule has 3 atom stereocenters. The zero-order valence-electron chi connectivity index (χ0n) is 14.2. The number of hydrogen-bond acceptors (Lipinski definition) is 5. The Balaban J connectivity index is 1.72. The summed E-state index contributed by atoms with van der Waals surface area (Å²) >= 11 is 1.96. The van der Waals surface area contributed by atoms with Gasteiger partial charge >= 0.3 is 0 Å². The molecule has 132 valence electrons. The normalized spacial score (nSPS) is 27.4. The number of nitrogens with two attached hydrogens (primary N) is 1. The van der Waals surface area contributed by atoms with Crippen molar-refractivity contribution < 1.29 is 9.90 Å². The number of likely N-dealkylation sites (tertiary alicyclic amines) is 1. The van der Waals surface area contributed by atoms with Gasteiger partial charge in [0.25, 0.3) is 0 Å². The van der Waals surface area contributed by atoms with Gasteiger partial charge < -0.3 is 15.7 Å². The maximum atomic E-state index is 12.6. The highest BCUT2D eigenvalue weighted by Gasteiger charge is 2.46. The van der Waals surface area contributed by atoms with Gasteiger partial charge in [0, 0.05) is 31.9 Å². The van der Waals surface area contributed by atoms with E-state index in [0.717, 1.165) is 38.2 Å². The molecule has 1 aromatic carbocycles. The van der Waals surface area contributed by atoms with Crippen LogP contribution in [0.2, 0.25) is 0 Å². The fourth-order valence-corrected chi connectivity index (χ4v) is 5.22. The van der Waals surface area contributed by atoms with Gasteiger partial charge in [-0.2, -0.15) is 0 Å². The van der Waals surface area contributed by atoms with E-state index in [-0.39, 0.29) is 10.8 Å². The van der Waals surface area contributed by atoms with Crippen molar-refractivity contribution in [2.45, 2.75) is 43.3 Å². The molecule has 6 heteroatoms. The van der Waals surface area contributed by atoms with E-state index >= 15 is 0 Å². The van der Waals surface area contributed by atoms with E-state index in [1.54, 1.807) is 6.92 Å². The van der Waals surface area contributed by atoms with Crippen molar-refractivity contribution in [2.24, 2.45) is 5.73 Å². The van der Waals surface area contributed by atoms with Crippen molar-refractivity contribution in [3.05, 3.63) is 35.9 Å². The lowest BCUT2D eigenvalue weighted by molar-refractivity contribution is -0.137. The van der Waals surface area contributed by atoms with Gasteiger partial charge in [0.2, 0.25) is 5.91 Å². The Morgan fingerprint density at radius 1 is 1.38 bits per heavy atom. The number of piperidine rings is 1. The summed E-state index contributed by atoms with van der Waals surface area (Å²) < 4.78 is 0. The molecule has 0 aromatic heterocycles. The lowest BCUT2D eigenvalue weighted by Gasteiger charge is -2.45. The van der Waals surface area contributed by atoms with Crippen molar-refractivity contribution in [2.75, 3.05) is 25.4 Å². The Morgan fingerprint density at radius 2 is 2.12 bits per heavy atom. The zero-order valence-corrected chi connectivity index (χ0v) is 15.0. The molecule has 2 heterocycles. The standard InChI is InChI=1S/C18H27N3O2S/c1-14(22)16(19)17(23)20-9-5-8-18(13-20)21(10-11-24-18)12-15-6-3-2-4-7-15/h2-4,6-7,14,16,22H,5,8-13,19H2,1H3/t14-,16+,18?/m1/s1. The largest absolute Gasteiger partial charge is 0.391 e. The summed E-state index contributed by atoms with van der Waals surface area (Å²) in [5.74, 6) is 0.966. The number of aliphatic hydroxyl groups excluding tert-OH is 1. The number of amides is 1. The van der Waals surface area contributed by atoms with Gasteiger partial charge in [0.05, 0.1) is 11.0 Å². The fourth-order valence-electron chi connectivity index (χ4n) is 3.65. The lowest BCUT2D eigenvalue weighted by atomic mass is 10.0. The molecule has 3 N–H and O–H groups in total. The van der Waals surface area contributed by atoms with Gasteiger partial charge in [0.15, 0.2) is 0 Å².